The minimum Gasteiger partial charge on any atom is -1.00 e. The van der Waals surface area contributed by atoms with E-state index >= 15 is 0 Å². The van der Waals surface area contributed by atoms with E-state index in [1.165, 1.54) is 86.5 Å². The smallest absolute Gasteiger partial charge is 1.00 e. The summed E-state index contributed by atoms with van der Waals surface area (Å²) in [6.07, 6.45) is 28.2. The molecule has 29 heavy (non-hydrogen) atoms. The molecule has 0 unspecified atom stereocenters. The number of rotatable bonds is 2. The monoisotopic (exact) mass is 510 g/mol. The molecule has 0 saturated heterocycles. The quantitative estimate of drug-likeness (QED) is 0.497. The molecule has 0 radical (unpaired) electrons. The van der Waals surface area contributed by atoms with Crippen LogP contribution in [0.15, 0.2) is 34.4 Å². The van der Waals surface area contributed by atoms with Crippen molar-refractivity contribution in [2.45, 2.75) is 105 Å². The van der Waals surface area contributed by atoms with Crippen molar-refractivity contribution in [3.05, 3.63) is 46.6 Å². The molecule has 0 bridgehead atoms. The van der Waals surface area contributed by atoms with Gasteiger partial charge in [-0.2, -0.15) is 11.1 Å². The zero-order valence-electron chi connectivity index (χ0n) is 18.9. The van der Waals surface area contributed by atoms with Crippen LogP contribution in [0.2, 0.25) is 0 Å². The zero-order valence-corrected chi connectivity index (χ0v) is 22.9. The standard InChI is InChI=1S/2C13H19.2ClH.Zr/c2*1-11-6-7-12(10-11)13(2)8-4-3-5-9-13;;;/h2*7H,3-6,8-9H2,1-2H3;2*1H;/q2*-1;;;+4/p-2. The molecule has 0 amide bonds. The van der Waals surface area contributed by atoms with Crippen LogP contribution in [0.3, 0.4) is 0 Å². The first-order valence-corrected chi connectivity index (χ1v) is 11.0. The van der Waals surface area contributed by atoms with Crippen molar-refractivity contribution in [3.8, 4) is 0 Å². The molecule has 4 rings (SSSR count). The van der Waals surface area contributed by atoms with E-state index in [4.69, 9.17) is 0 Å². The third kappa shape index (κ3) is 7.81. The maximum atomic E-state index is 3.54. The van der Waals surface area contributed by atoms with Crippen LogP contribution in [0, 0.1) is 23.0 Å². The van der Waals surface area contributed by atoms with Crippen LogP contribution >= 0.6 is 0 Å². The molecule has 2 fully saturated rings. The van der Waals surface area contributed by atoms with E-state index in [0.29, 0.717) is 10.8 Å². The molecular formula is C26H38Cl2Zr. The van der Waals surface area contributed by atoms with E-state index < -0.39 is 0 Å². The van der Waals surface area contributed by atoms with Gasteiger partial charge in [0.25, 0.3) is 0 Å². The van der Waals surface area contributed by atoms with Gasteiger partial charge in [0, 0.05) is 0 Å². The van der Waals surface area contributed by atoms with Crippen molar-refractivity contribution in [3.63, 3.8) is 0 Å². The average molecular weight is 513 g/mol. The van der Waals surface area contributed by atoms with Gasteiger partial charge in [0.1, 0.15) is 0 Å². The van der Waals surface area contributed by atoms with Gasteiger partial charge in [-0.05, 0) is 36.5 Å². The van der Waals surface area contributed by atoms with Gasteiger partial charge < -0.3 is 24.8 Å². The summed E-state index contributed by atoms with van der Waals surface area (Å²) in [6.45, 7) is 9.22. The minimum atomic E-state index is 0. The average Bonchev–Trinajstić information content (AvgIpc) is 3.26. The molecule has 0 nitrogen and oxygen atoms in total. The summed E-state index contributed by atoms with van der Waals surface area (Å²) in [7, 11) is 0. The van der Waals surface area contributed by atoms with Crippen LogP contribution in [0.1, 0.15) is 105 Å². The first-order chi connectivity index (χ1) is 12.4. The predicted molar refractivity (Wildman–Crippen MR) is 113 cm³/mol. The van der Waals surface area contributed by atoms with Crippen molar-refractivity contribution >= 4 is 0 Å². The molecule has 4 aliphatic carbocycles. The summed E-state index contributed by atoms with van der Waals surface area (Å²) < 4.78 is 0. The van der Waals surface area contributed by atoms with E-state index in [0.717, 1.165) is 12.8 Å². The Morgan fingerprint density at radius 1 is 0.621 bits per heavy atom. The number of allylic oxidation sites excluding steroid dienone is 8. The molecule has 0 heterocycles. The van der Waals surface area contributed by atoms with E-state index in [1.807, 2.05) is 0 Å². The van der Waals surface area contributed by atoms with Gasteiger partial charge in [0.15, 0.2) is 0 Å². The second-order valence-corrected chi connectivity index (χ2v) is 9.70. The van der Waals surface area contributed by atoms with Gasteiger partial charge in [0.2, 0.25) is 0 Å². The molecule has 4 aliphatic rings. The van der Waals surface area contributed by atoms with Gasteiger partial charge in [-0.1, -0.05) is 79.1 Å². The maximum absolute atomic E-state index is 3.54. The second kappa shape index (κ2) is 13.1. The summed E-state index contributed by atoms with van der Waals surface area (Å²) >= 11 is 0. The minimum absolute atomic E-state index is 0. The Morgan fingerprint density at radius 3 is 1.17 bits per heavy atom. The van der Waals surface area contributed by atoms with Crippen molar-refractivity contribution in [2.24, 2.45) is 10.8 Å². The van der Waals surface area contributed by atoms with E-state index in [2.05, 4.69) is 52.0 Å². The van der Waals surface area contributed by atoms with Crippen molar-refractivity contribution in [1.29, 1.82) is 0 Å². The van der Waals surface area contributed by atoms with Crippen LogP contribution in [0.4, 0.5) is 0 Å². The summed E-state index contributed by atoms with van der Waals surface area (Å²) in [5, 5.41) is 0. The summed E-state index contributed by atoms with van der Waals surface area (Å²) in [4.78, 5) is 0. The Bertz CT molecular complexity index is 571. The van der Waals surface area contributed by atoms with Gasteiger partial charge in [-0.25, -0.2) is 35.5 Å². The Balaban J connectivity index is 0.000000490. The van der Waals surface area contributed by atoms with Gasteiger partial charge in [-0.15, -0.1) is 0 Å². The molecule has 0 aromatic heterocycles. The molecule has 0 aromatic rings. The fourth-order valence-corrected chi connectivity index (χ4v) is 5.17. The predicted octanol–water partition coefficient (Wildman–Crippen LogP) is 2.08. The molecule has 0 aliphatic heterocycles. The van der Waals surface area contributed by atoms with Crippen LogP contribution in [0.5, 0.6) is 0 Å². The molecule has 0 aromatic carbocycles. The Hall–Kier alpha value is 0.423. The Labute approximate surface area is 212 Å². The van der Waals surface area contributed by atoms with Crippen molar-refractivity contribution in [2.75, 3.05) is 0 Å². The number of hydrogen-bond donors (Lipinski definition) is 0. The molecular weight excluding hydrogens is 474 g/mol. The first-order valence-electron chi connectivity index (χ1n) is 11.0. The summed E-state index contributed by atoms with van der Waals surface area (Å²) in [5.74, 6) is 0. The van der Waals surface area contributed by atoms with Gasteiger partial charge in [-0.3, -0.25) is 0 Å². The first kappa shape index (κ1) is 29.4. The largest absolute Gasteiger partial charge is 4.00 e. The second-order valence-electron chi connectivity index (χ2n) is 9.70. The molecule has 3 heteroatoms. The third-order valence-corrected chi connectivity index (χ3v) is 7.14. The molecule has 2 saturated carbocycles. The molecule has 160 valence electrons. The number of halogens is 2. The molecule has 0 N–H and O–H groups in total. The van der Waals surface area contributed by atoms with E-state index in [1.54, 1.807) is 0 Å². The van der Waals surface area contributed by atoms with Crippen molar-refractivity contribution < 1.29 is 51.0 Å². The SMILES string of the molecule is CC1=[C-]C(C2(C)CCCCC2)=CC1.CC1=[C-]C(C2(C)CCCCC2)=CC1.[Cl-].[Cl-].[Zr+4]. The van der Waals surface area contributed by atoms with E-state index in [-0.39, 0.29) is 51.0 Å². The summed E-state index contributed by atoms with van der Waals surface area (Å²) in [6, 6.07) is 0. The third-order valence-electron chi connectivity index (χ3n) is 7.14. The van der Waals surface area contributed by atoms with Crippen molar-refractivity contribution in [1.82, 2.24) is 0 Å². The van der Waals surface area contributed by atoms with Crippen LogP contribution in [-0.2, 0) is 26.2 Å². The number of hydrogen-bond acceptors (Lipinski definition) is 0. The van der Waals surface area contributed by atoms with Gasteiger partial charge >= 0.3 is 26.2 Å². The summed E-state index contributed by atoms with van der Waals surface area (Å²) in [5.41, 5.74) is 6.78. The van der Waals surface area contributed by atoms with E-state index in [9.17, 15) is 0 Å². The van der Waals surface area contributed by atoms with Crippen LogP contribution in [-0.4, -0.2) is 0 Å². The normalized spacial score (nSPS) is 24.1. The fraction of sp³-hybridized carbons (Fsp3) is 0.692. The fourth-order valence-electron chi connectivity index (χ4n) is 5.17. The van der Waals surface area contributed by atoms with Crippen LogP contribution in [0.25, 0.3) is 0 Å². The van der Waals surface area contributed by atoms with Gasteiger partial charge in [0.05, 0.1) is 0 Å². The molecule has 0 atom stereocenters. The molecule has 0 spiro atoms. The van der Waals surface area contributed by atoms with Crippen LogP contribution < -0.4 is 24.8 Å². The zero-order chi connectivity index (χ0) is 18.6. The topological polar surface area (TPSA) is 0 Å². The maximum Gasteiger partial charge on any atom is 4.00 e. The Kier molecular flexibility index (Phi) is 13.3. The Morgan fingerprint density at radius 2 is 0.931 bits per heavy atom.